The van der Waals surface area contributed by atoms with Crippen molar-refractivity contribution in [3.8, 4) is 0 Å². The van der Waals surface area contributed by atoms with E-state index in [-0.39, 0.29) is 11.7 Å². The largest absolute Gasteiger partial charge is 0.445 e. The summed E-state index contributed by atoms with van der Waals surface area (Å²) in [6.45, 7) is 3.70. The van der Waals surface area contributed by atoms with Crippen molar-refractivity contribution in [2.75, 3.05) is 0 Å². The zero-order valence-electron chi connectivity index (χ0n) is 7.61. The number of aromatic amines is 1. The van der Waals surface area contributed by atoms with Crippen LogP contribution < -0.4 is 5.56 Å². The fourth-order valence-electron chi connectivity index (χ4n) is 0.754. The van der Waals surface area contributed by atoms with Crippen LogP contribution in [0.15, 0.2) is 17.1 Å². The van der Waals surface area contributed by atoms with Gasteiger partial charge in [0.15, 0.2) is 0 Å². The molecule has 13 heavy (non-hydrogen) atoms. The molecule has 1 aromatic rings. The highest BCUT2D eigenvalue weighted by Crippen LogP contribution is 1.97. The molecule has 0 aliphatic rings. The van der Waals surface area contributed by atoms with Gasteiger partial charge in [-0.05, 0) is 13.3 Å². The maximum atomic E-state index is 11.2. The summed E-state index contributed by atoms with van der Waals surface area (Å²) < 4.78 is 5.98. The van der Waals surface area contributed by atoms with E-state index >= 15 is 0 Å². The Hall–Kier alpha value is -1.52. The normalized spacial score (nSPS) is 12.5. The number of hydrogen-bond acceptors (Lipinski definition) is 3. The second kappa shape index (κ2) is 3.93. The highest BCUT2D eigenvalue weighted by atomic mass is 16.6. The van der Waals surface area contributed by atoms with Crippen LogP contribution in [0.1, 0.15) is 20.3 Å². The minimum Gasteiger partial charge on any atom is -0.445 e. The Morgan fingerprint density at radius 1 is 1.77 bits per heavy atom. The van der Waals surface area contributed by atoms with Crippen LogP contribution in [0.2, 0.25) is 0 Å². The SMILES string of the molecule is CCC(C)OC(=O)n1ccc(=O)[nH]1. The van der Waals surface area contributed by atoms with Crippen molar-refractivity contribution >= 4 is 6.09 Å². The van der Waals surface area contributed by atoms with Gasteiger partial charge in [0.25, 0.3) is 5.56 Å². The van der Waals surface area contributed by atoms with Crippen molar-refractivity contribution in [2.45, 2.75) is 26.4 Å². The number of rotatable bonds is 2. The van der Waals surface area contributed by atoms with Crippen LogP contribution in [0.25, 0.3) is 0 Å². The van der Waals surface area contributed by atoms with E-state index < -0.39 is 6.09 Å². The molecule has 0 aromatic carbocycles. The van der Waals surface area contributed by atoms with Gasteiger partial charge in [0.2, 0.25) is 0 Å². The van der Waals surface area contributed by atoms with Crippen LogP contribution in [0, 0.1) is 0 Å². The first-order chi connectivity index (χ1) is 6.13. The molecule has 0 radical (unpaired) electrons. The Balaban J connectivity index is 2.64. The van der Waals surface area contributed by atoms with E-state index in [1.807, 2.05) is 6.92 Å². The van der Waals surface area contributed by atoms with Crippen molar-refractivity contribution in [3.05, 3.63) is 22.6 Å². The minimum absolute atomic E-state index is 0.140. The van der Waals surface area contributed by atoms with Crippen LogP contribution in [0.4, 0.5) is 4.79 Å². The first kappa shape index (κ1) is 9.57. The van der Waals surface area contributed by atoms with E-state index in [1.54, 1.807) is 6.92 Å². The molecule has 0 saturated carbocycles. The summed E-state index contributed by atoms with van der Waals surface area (Å²) in [6.07, 6.45) is 1.39. The molecule has 0 bridgehead atoms. The molecule has 0 aliphatic carbocycles. The monoisotopic (exact) mass is 184 g/mol. The van der Waals surface area contributed by atoms with Crippen LogP contribution in [-0.4, -0.2) is 22.0 Å². The van der Waals surface area contributed by atoms with Crippen molar-refractivity contribution in [1.82, 2.24) is 9.78 Å². The number of nitrogens with one attached hydrogen (secondary N) is 1. The number of hydrogen-bond donors (Lipinski definition) is 1. The van der Waals surface area contributed by atoms with E-state index in [4.69, 9.17) is 4.74 Å². The molecule has 5 nitrogen and oxygen atoms in total. The number of carbonyl (C=O) groups excluding carboxylic acids is 1. The van der Waals surface area contributed by atoms with Crippen LogP contribution in [-0.2, 0) is 4.74 Å². The smallest absolute Gasteiger partial charge is 0.433 e. The standard InChI is InChI=1S/C8H12N2O3/c1-3-6(2)13-8(12)10-5-4-7(11)9-10/h4-6H,3H2,1-2H3,(H,9,11). The van der Waals surface area contributed by atoms with E-state index in [2.05, 4.69) is 5.10 Å². The molecule has 1 heterocycles. The van der Waals surface area contributed by atoms with Crippen LogP contribution >= 0.6 is 0 Å². The average Bonchev–Trinajstić information content (AvgIpc) is 2.51. The Morgan fingerprint density at radius 2 is 2.46 bits per heavy atom. The summed E-state index contributed by atoms with van der Waals surface area (Å²) in [6, 6.07) is 1.26. The number of ether oxygens (including phenoxy) is 1. The first-order valence-corrected chi connectivity index (χ1v) is 4.12. The molecule has 1 N–H and O–H groups in total. The molecule has 1 aromatic heterocycles. The summed E-state index contributed by atoms with van der Waals surface area (Å²) in [7, 11) is 0. The minimum atomic E-state index is -0.559. The van der Waals surface area contributed by atoms with E-state index in [9.17, 15) is 9.59 Å². The van der Waals surface area contributed by atoms with Gasteiger partial charge in [-0.15, -0.1) is 0 Å². The van der Waals surface area contributed by atoms with Crippen molar-refractivity contribution < 1.29 is 9.53 Å². The van der Waals surface area contributed by atoms with E-state index in [0.29, 0.717) is 0 Å². The third kappa shape index (κ3) is 2.47. The average molecular weight is 184 g/mol. The second-order valence-electron chi connectivity index (χ2n) is 2.76. The van der Waals surface area contributed by atoms with Gasteiger partial charge in [-0.2, -0.15) is 4.68 Å². The topological polar surface area (TPSA) is 64.1 Å². The molecule has 0 aliphatic heterocycles. The van der Waals surface area contributed by atoms with Crippen molar-refractivity contribution in [3.63, 3.8) is 0 Å². The quantitative estimate of drug-likeness (QED) is 0.744. The Kier molecular flexibility index (Phi) is 2.89. The third-order valence-electron chi connectivity index (χ3n) is 1.68. The molecule has 0 spiro atoms. The first-order valence-electron chi connectivity index (χ1n) is 4.12. The number of H-pyrrole nitrogens is 1. The maximum Gasteiger partial charge on any atom is 0.433 e. The summed E-state index contributed by atoms with van der Waals surface area (Å²) in [5.41, 5.74) is -0.318. The zero-order valence-corrected chi connectivity index (χ0v) is 7.61. The lowest BCUT2D eigenvalue weighted by molar-refractivity contribution is 0.103. The molecule has 1 rings (SSSR count). The molecule has 0 fully saturated rings. The lowest BCUT2D eigenvalue weighted by Gasteiger charge is -2.09. The molecular weight excluding hydrogens is 172 g/mol. The summed E-state index contributed by atoms with van der Waals surface area (Å²) in [4.78, 5) is 21.9. The second-order valence-corrected chi connectivity index (χ2v) is 2.76. The van der Waals surface area contributed by atoms with Crippen LogP contribution in [0.3, 0.4) is 0 Å². The maximum absolute atomic E-state index is 11.2. The fraction of sp³-hybridized carbons (Fsp3) is 0.500. The Bertz CT molecular complexity index is 339. The van der Waals surface area contributed by atoms with Gasteiger partial charge in [0, 0.05) is 12.3 Å². The van der Waals surface area contributed by atoms with Gasteiger partial charge < -0.3 is 4.74 Å². The van der Waals surface area contributed by atoms with Gasteiger partial charge in [0.05, 0.1) is 0 Å². The lowest BCUT2D eigenvalue weighted by atomic mass is 10.3. The highest BCUT2D eigenvalue weighted by molar-refractivity contribution is 5.69. The third-order valence-corrected chi connectivity index (χ3v) is 1.68. The van der Waals surface area contributed by atoms with Gasteiger partial charge in [-0.1, -0.05) is 6.92 Å². The molecule has 5 heteroatoms. The highest BCUT2D eigenvalue weighted by Gasteiger charge is 2.09. The fourth-order valence-corrected chi connectivity index (χ4v) is 0.754. The molecule has 72 valence electrons. The number of aromatic nitrogens is 2. The number of carbonyl (C=O) groups is 1. The summed E-state index contributed by atoms with van der Waals surface area (Å²) in [5, 5.41) is 2.29. The van der Waals surface area contributed by atoms with Gasteiger partial charge >= 0.3 is 6.09 Å². The van der Waals surface area contributed by atoms with Crippen LogP contribution in [0.5, 0.6) is 0 Å². The molecule has 0 amide bonds. The van der Waals surface area contributed by atoms with Crippen molar-refractivity contribution in [2.24, 2.45) is 0 Å². The summed E-state index contributed by atoms with van der Waals surface area (Å²) >= 11 is 0. The molecule has 0 saturated heterocycles. The molecule has 1 atom stereocenters. The Morgan fingerprint density at radius 3 is 2.92 bits per heavy atom. The lowest BCUT2D eigenvalue weighted by Crippen LogP contribution is -2.21. The molecular formula is C8H12N2O3. The van der Waals surface area contributed by atoms with E-state index in [1.165, 1.54) is 12.3 Å². The predicted octanol–water partition coefficient (Wildman–Crippen LogP) is 0.960. The number of nitrogens with zero attached hydrogens (tertiary/aromatic N) is 1. The predicted molar refractivity (Wildman–Crippen MR) is 46.7 cm³/mol. The Labute approximate surface area is 75.3 Å². The van der Waals surface area contributed by atoms with Crippen molar-refractivity contribution in [1.29, 1.82) is 0 Å². The van der Waals surface area contributed by atoms with Gasteiger partial charge in [-0.3, -0.25) is 9.89 Å². The zero-order chi connectivity index (χ0) is 9.84. The van der Waals surface area contributed by atoms with Gasteiger partial charge in [-0.25, -0.2) is 4.79 Å². The molecule has 1 unspecified atom stereocenters. The summed E-state index contributed by atoms with van der Waals surface area (Å²) in [5.74, 6) is 0. The van der Waals surface area contributed by atoms with E-state index in [0.717, 1.165) is 11.1 Å². The van der Waals surface area contributed by atoms with Gasteiger partial charge in [0.1, 0.15) is 6.10 Å².